The number of rotatable bonds is 1. The average molecular weight is 162 g/mol. The van der Waals surface area contributed by atoms with Crippen molar-refractivity contribution < 1.29 is 4.74 Å². The minimum Gasteiger partial charge on any atom is -0.497 e. The van der Waals surface area contributed by atoms with E-state index in [1.165, 1.54) is 24.8 Å². The van der Waals surface area contributed by atoms with E-state index in [2.05, 4.69) is 24.3 Å². The highest BCUT2D eigenvalue weighted by Crippen LogP contribution is 2.26. The smallest absolute Gasteiger partial charge is 0.106 e. The first-order chi connectivity index (χ1) is 5.97. The summed E-state index contributed by atoms with van der Waals surface area (Å²) in [5, 5.41) is 0. The molecule has 0 aromatic carbocycles. The van der Waals surface area contributed by atoms with Gasteiger partial charge in [0.05, 0.1) is 6.26 Å². The fourth-order valence-corrected chi connectivity index (χ4v) is 1.76. The van der Waals surface area contributed by atoms with Gasteiger partial charge < -0.3 is 4.74 Å². The van der Waals surface area contributed by atoms with Gasteiger partial charge in [-0.15, -0.1) is 0 Å². The van der Waals surface area contributed by atoms with Crippen molar-refractivity contribution in [2.75, 3.05) is 6.61 Å². The SMILES string of the molecule is C1=CC(C2=CCOC=C2)CCC1. The van der Waals surface area contributed by atoms with Gasteiger partial charge >= 0.3 is 0 Å². The van der Waals surface area contributed by atoms with Gasteiger partial charge in [-0.2, -0.15) is 0 Å². The van der Waals surface area contributed by atoms with Crippen molar-refractivity contribution in [2.24, 2.45) is 5.92 Å². The standard InChI is InChI=1S/C11H14O/c1-2-4-10(5-3-1)11-6-8-12-9-7-11/h2,4,6-8,10H,1,3,5,9H2. The van der Waals surface area contributed by atoms with Gasteiger partial charge in [0, 0.05) is 5.92 Å². The zero-order valence-corrected chi connectivity index (χ0v) is 7.20. The Balaban J connectivity index is 2.07. The van der Waals surface area contributed by atoms with E-state index in [9.17, 15) is 0 Å². The van der Waals surface area contributed by atoms with Gasteiger partial charge in [-0.3, -0.25) is 0 Å². The van der Waals surface area contributed by atoms with Crippen molar-refractivity contribution in [3.05, 3.63) is 36.1 Å². The molecule has 0 fully saturated rings. The van der Waals surface area contributed by atoms with Crippen molar-refractivity contribution in [1.29, 1.82) is 0 Å². The molecular formula is C11H14O. The minimum atomic E-state index is 0.652. The summed E-state index contributed by atoms with van der Waals surface area (Å²) in [5.41, 5.74) is 1.43. The summed E-state index contributed by atoms with van der Waals surface area (Å²) in [6.45, 7) is 0.746. The van der Waals surface area contributed by atoms with Crippen molar-refractivity contribution in [3.63, 3.8) is 0 Å². The van der Waals surface area contributed by atoms with Gasteiger partial charge in [0.2, 0.25) is 0 Å². The summed E-state index contributed by atoms with van der Waals surface area (Å²) in [6, 6.07) is 0. The molecule has 1 aliphatic carbocycles. The molecule has 1 nitrogen and oxygen atoms in total. The van der Waals surface area contributed by atoms with Crippen molar-refractivity contribution in [1.82, 2.24) is 0 Å². The second-order valence-electron chi connectivity index (χ2n) is 3.31. The Kier molecular flexibility index (Phi) is 2.31. The van der Waals surface area contributed by atoms with E-state index in [0.29, 0.717) is 5.92 Å². The molecule has 64 valence electrons. The molecule has 0 aromatic rings. The van der Waals surface area contributed by atoms with Gasteiger partial charge in [-0.1, -0.05) is 12.2 Å². The van der Waals surface area contributed by atoms with Crippen LogP contribution in [0.25, 0.3) is 0 Å². The monoisotopic (exact) mass is 162 g/mol. The first-order valence-corrected chi connectivity index (χ1v) is 4.62. The highest BCUT2D eigenvalue weighted by Gasteiger charge is 2.12. The summed E-state index contributed by atoms with van der Waals surface area (Å²) >= 11 is 0. The first-order valence-electron chi connectivity index (χ1n) is 4.62. The topological polar surface area (TPSA) is 9.23 Å². The molecule has 0 amide bonds. The molecule has 1 heteroatoms. The fraction of sp³-hybridized carbons (Fsp3) is 0.455. The van der Waals surface area contributed by atoms with Crippen LogP contribution < -0.4 is 0 Å². The molecule has 2 rings (SSSR count). The fourth-order valence-electron chi connectivity index (χ4n) is 1.76. The van der Waals surface area contributed by atoms with Gasteiger partial charge in [0.25, 0.3) is 0 Å². The minimum absolute atomic E-state index is 0.652. The number of ether oxygens (including phenoxy) is 1. The average Bonchev–Trinajstić information content (AvgIpc) is 2.21. The summed E-state index contributed by atoms with van der Waals surface area (Å²) in [7, 11) is 0. The molecule has 0 bridgehead atoms. The zero-order valence-electron chi connectivity index (χ0n) is 7.20. The molecule has 1 heterocycles. The Bertz CT molecular complexity index is 235. The third-order valence-corrected chi connectivity index (χ3v) is 2.45. The number of hydrogen-bond acceptors (Lipinski definition) is 1. The maximum absolute atomic E-state index is 5.11. The highest BCUT2D eigenvalue weighted by atomic mass is 16.5. The van der Waals surface area contributed by atoms with E-state index in [-0.39, 0.29) is 0 Å². The Morgan fingerprint density at radius 2 is 2.42 bits per heavy atom. The first kappa shape index (κ1) is 7.66. The Morgan fingerprint density at radius 3 is 3.08 bits per heavy atom. The lowest BCUT2D eigenvalue weighted by molar-refractivity contribution is 0.282. The Labute approximate surface area is 73.4 Å². The number of allylic oxidation sites excluding steroid dienone is 4. The number of hydrogen-bond donors (Lipinski definition) is 0. The summed E-state index contributed by atoms with van der Waals surface area (Å²) in [6.07, 6.45) is 14.6. The molecule has 1 atom stereocenters. The van der Waals surface area contributed by atoms with Gasteiger partial charge in [0.1, 0.15) is 6.61 Å². The highest BCUT2D eigenvalue weighted by molar-refractivity contribution is 5.27. The summed E-state index contributed by atoms with van der Waals surface area (Å²) < 4.78 is 5.11. The second kappa shape index (κ2) is 3.61. The molecule has 1 aliphatic heterocycles. The normalized spacial score (nSPS) is 28.0. The third-order valence-electron chi connectivity index (χ3n) is 2.45. The Morgan fingerprint density at radius 1 is 1.42 bits per heavy atom. The van der Waals surface area contributed by atoms with Crippen LogP contribution in [0, 0.1) is 5.92 Å². The molecule has 2 aliphatic rings. The van der Waals surface area contributed by atoms with Gasteiger partial charge in [-0.05, 0) is 37.0 Å². The molecular weight excluding hydrogens is 148 g/mol. The second-order valence-corrected chi connectivity index (χ2v) is 3.31. The maximum Gasteiger partial charge on any atom is 0.106 e. The van der Waals surface area contributed by atoms with Gasteiger partial charge in [-0.25, -0.2) is 0 Å². The molecule has 12 heavy (non-hydrogen) atoms. The molecule has 1 unspecified atom stereocenters. The van der Waals surface area contributed by atoms with Crippen LogP contribution in [-0.4, -0.2) is 6.61 Å². The maximum atomic E-state index is 5.11. The zero-order chi connectivity index (χ0) is 8.23. The van der Waals surface area contributed by atoms with E-state index in [4.69, 9.17) is 4.74 Å². The largest absolute Gasteiger partial charge is 0.497 e. The van der Waals surface area contributed by atoms with Gasteiger partial charge in [0.15, 0.2) is 0 Å². The van der Waals surface area contributed by atoms with E-state index < -0.39 is 0 Å². The predicted octanol–water partition coefficient (Wildman–Crippen LogP) is 2.81. The molecule has 0 N–H and O–H groups in total. The molecule has 0 aromatic heterocycles. The van der Waals surface area contributed by atoms with Crippen LogP contribution in [-0.2, 0) is 4.74 Å². The quantitative estimate of drug-likeness (QED) is 0.539. The molecule has 0 radical (unpaired) electrons. The van der Waals surface area contributed by atoms with Crippen molar-refractivity contribution in [3.8, 4) is 0 Å². The summed E-state index contributed by atoms with van der Waals surface area (Å²) in [4.78, 5) is 0. The van der Waals surface area contributed by atoms with E-state index in [1.54, 1.807) is 6.26 Å². The van der Waals surface area contributed by atoms with Crippen molar-refractivity contribution in [2.45, 2.75) is 19.3 Å². The van der Waals surface area contributed by atoms with Crippen LogP contribution in [0.15, 0.2) is 36.1 Å². The van der Waals surface area contributed by atoms with E-state index in [1.807, 2.05) is 0 Å². The predicted molar refractivity (Wildman–Crippen MR) is 49.7 cm³/mol. The molecule has 0 saturated heterocycles. The lowest BCUT2D eigenvalue weighted by atomic mass is 9.88. The molecule has 0 spiro atoms. The third kappa shape index (κ3) is 1.60. The van der Waals surface area contributed by atoms with Crippen LogP contribution >= 0.6 is 0 Å². The lowest BCUT2D eigenvalue weighted by Crippen LogP contribution is -2.06. The van der Waals surface area contributed by atoms with E-state index >= 15 is 0 Å². The van der Waals surface area contributed by atoms with Crippen LogP contribution in [0.2, 0.25) is 0 Å². The van der Waals surface area contributed by atoms with E-state index in [0.717, 1.165) is 6.61 Å². The lowest BCUT2D eigenvalue weighted by Gasteiger charge is -2.19. The van der Waals surface area contributed by atoms with Crippen LogP contribution in [0.1, 0.15) is 19.3 Å². The van der Waals surface area contributed by atoms with Crippen LogP contribution in [0.4, 0.5) is 0 Å². The molecule has 0 saturated carbocycles. The van der Waals surface area contributed by atoms with Crippen LogP contribution in [0.5, 0.6) is 0 Å². The Hall–Kier alpha value is -0.980. The summed E-state index contributed by atoms with van der Waals surface area (Å²) in [5.74, 6) is 0.652. The van der Waals surface area contributed by atoms with Crippen molar-refractivity contribution >= 4 is 0 Å². The van der Waals surface area contributed by atoms with Crippen LogP contribution in [0.3, 0.4) is 0 Å².